The third-order valence-corrected chi connectivity index (χ3v) is 4.54. The lowest BCUT2D eigenvalue weighted by molar-refractivity contribution is -0.137. The molecule has 0 aliphatic heterocycles. The highest BCUT2D eigenvalue weighted by Gasteiger charge is 2.21. The summed E-state index contributed by atoms with van der Waals surface area (Å²) in [6, 6.07) is 19.1. The fraction of sp³-hybridized carbons (Fsp3) is 0.333. The number of hydrogen-bond donors (Lipinski definition) is 2. The van der Waals surface area contributed by atoms with Gasteiger partial charge in [0.25, 0.3) is 0 Å². The molecule has 2 N–H and O–H groups in total. The maximum Gasteiger partial charge on any atom is 0.317 e. The minimum Gasteiger partial charge on any atom is -0.481 e. The maximum atomic E-state index is 12.7. The van der Waals surface area contributed by atoms with E-state index in [1.165, 1.54) is 0 Å². The second-order valence-electron chi connectivity index (χ2n) is 6.47. The topological polar surface area (TPSA) is 69.6 Å². The molecule has 0 saturated carbocycles. The molecule has 5 nitrogen and oxygen atoms in total. The van der Waals surface area contributed by atoms with E-state index in [-0.39, 0.29) is 24.5 Å². The van der Waals surface area contributed by atoms with Crippen molar-refractivity contribution in [3.8, 4) is 0 Å². The summed E-state index contributed by atoms with van der Waals surface area (Å²) in [5, 5.41) is 12.0. The predicted molar refractivity (Wildman–Crippen MR) is 102 cm³/mol. The molecular weight excluding hydrogens is 328 g/mol. The molecule has 26 heavy (non-hydrogen) atoms. The molecule has 2 atom stereocenters. The van der Waals surface area contributed by atoms with E-state index in [2.05, 4.69) is 5.32 Å². The summed E-state index contributed by atoms with van der Waals surface area (Å²) < 4.78 is 0. The Morgan fingerprint density at radius 1 is 1.04 bits per heavy atom. The van der Waals surface area contributed by atoms with Crippen LogP contribution in [-0.4, -0.2) is 35.1 Å². The van der Waals surface area contributed by atoms with E-state index in [4.69, 9.17) is 5.11 Å². The predicted octanol–water partition coefficient (Wildman–Crippen LogP) is 3.87. The Balaban J connectivity index is 2.02. The van der Waals surface area contributed by atoms with Crippen LogP contribution in [0.4, 0.5) is 4.79 Å². The zero-order valence-corrected chi connectivity index (χ0v) is 15.3. The van der Waals surface area contributed by atoms with E-state index in [1.807, 2.05) is 67.6 Å². The molecule has 0 heterocycles. The van der Waals surface area contributed by atoms with Crippen LogP contribution >= 0.6 is 0 Å². The number of rotatable bonds is 8. The average molecular weight is 354 g/mol. The van der Waals surface area contributed by atoms with Crippen molar-refractivity contribution in [2.24, 2.45) is 0 Å². The number of amides is 2. The van der Waals surface area contributed by atoms with Gasteiger partial charge in [-0.05, 0) is 30.9 Å². The number of urea groups is 1. The highest BCUT2D eigenvalue weighted by Crippen LogP contribution is 2.18. The summed E-state index contributed by atoms with van der Waals surface area (Å²) in [5.41, 5.74) is 2.12. The molecule has 0 bridgehead atoms. The first kappa shape index (κ1) is 19.5. The fourth-order valence-corrected chi connectivity index (χ4v) is 2.83. The van der Waals surface area contributed by atoms with Gasteiger partial charge in [0.1, 0.15) is 0 Å². The minimum atomic E-state index is -0.858. The largest absolute Gasteiger partial charge is 0.481 e. The maximum absolute atomic E-state index is 12.7. The number of carboxylic acids is 1. The highest BCUT2D eigenvalue weighted by molar-refractivity contribution is 5.75. The number of nitrogens with zero attached hydrogens (tertiary/aromatic N) is 1. The van der Waals surface area contributed by atoms with E-state index < -0.39 is 5.97 Å². The van der Waals surface area contributed by atoms with Crippen molar-refractivity contribution in [3.05, 3.63) is 71.8 Å². The van der Waals surface area contributed by atoms with Crippen LogP contribution in [0.15, 0.2) is 60.7 Å². The number of hydrogen-bond acceptors (Lipinski definition) is 2. The van der Waals surface area contributed by atoms with Gasteiger partial charge in [-0.2, -0.15) is 0 Å². The quantitative estimate of drug-likeness (QED) is 0.756. The normalized spacial score (nSPS) is 12.8. The molecular formula is C21H26N2O3. The molecule has 2 aromatic rings. The van der Waals surface area contributed by atoms with Gasteiger partial charge < -0.3 is 15.3 Å². The molecule has 0 saturated heterocycles. The Hall–Kier alpha value is -2.82. The Bertz CT molecular complexity index is 704. The molecule has 0 aliphatic carbocycles. The first-order valence-corrected chi connectivity index (χ1v) is 8.81. The Morgan fingerprint density at radius 2 is 1.62 bits per heavy atom. The van der Waals surface area contributed by atoms with Crippen LogP contribution in [0, 0.1) is 0 Å². The molecule has 138 valence electrons. The zero-order chi connectivity index (χ0) is 18.9. The standard InChI is InChI=1S/C21H26N2O3/c1-16(18-11-7-4-8-12-18)23(2)21(26)22-19(13-14-20(24)25)15-17-9-5-3-6-10-17/h3-12,16,19H,13-15H2,1-2H3,(H,22,26)(H,24,25). The molecule has 0 fully saturated rings. The van der Waals surface area contributed by atoms with Crippen molar-refractivity contribution in [2.45, 2.75) is 38.3 Å². The van der Waals surface area contributed by atoms with Gasteiger partial charge in [0, 0.05) is 19.5 Å². The smallest absolute Gasteiger partial charge is 0.317 e. The third-order valence-electron chi connectivity index (χ3n) is 4.54. The zero-order valence-electron chi connectivity index (χ0n) is 15.3. The van der Waals surface area contributed by atoms with Crippen LogP contribution in [0.1, 0.15) is 36.9 Å². The van der Waals surface area contributed by atoms with Gasteiger partial charge in [0.2, 0.25) is 0 Å². The van der Waals surface area contributed by atoms with Gasteiger partial charge in [-0.3, -0.25) is 4.79 Å². The molecule has 5 heteroatoms. The van der Waals surface area contributed by atoms with Gasteiger partial charge in [0.15, 0.2) is 0 Å². The highest BCUT2D eigenvalue weighted by atomic mass is 16.4. The molecule has 2 aromatic carbocycles. The van der Waals surface area contributed by atoms with Crippen molar-refractivity contribution in [1.29, 1.82) is 0 Å². The first-order chi connectivity index (χ1) is 12.5. The number of aliphatic carboxylic acids is 1. The summed E-state index contributed by atoms with van der Waals surface area (Å²) in [5.74, 6) is -0.858. The fourth-order valence-electron chi connectivity index (χ4n) is 2.83. The first-order valence-electron chi connectivity index (χ1n) is 8.81. The summed E-state index contributed by atoms with van der Waals surface area (Å²) in [7, 11) is 1.75. The van der Waals surface area contributed by atoms with E-state index in [0.717, 1.165) is 11.1 Å². The lowest BCUT2D eigenvalue weighted by Crippen LogP contribution is -2.45. The molecule has 0 radical (unpaired) electrons. The number of benzene rings is 2. The van der Waals surface area contributed by atoms with Gasteiger partial charge in [-0.15, -0.1) is 0 Å². The summed E-state index contributed by atoms with van der Waals surface area (Å²) >= 11 is 0. The van der Waals surface area contributed by atoms with E-state index >= 15 is 0 Å². The number of carbonyl (C=O) groups excluding carboxylic acids is 1. The molecule has 0 spiro atoms. The Morgan fingerprint density at radius 3 is 2.19 bits per heavy atom. The summed E-state index contributed by atoms with van der Waals surface area (Å²) in [6.45, 7) is 1.97. The summed E-state index contributed by atoms with van der Waals surface area (Å²) in [6.07, 6.45) is 1.02. The van der Waals surface area contributed by atoms with Crippen LogP contribution in [0.25, 0.3) is 0 Å². The lowest BCUT2D eigenvalue weighted by Gasteiger charge is -2.28. The molecule has 2 amide bonds. The van der Waals surface area contributed by atoms with Crippen molar-refractivity contribution < 1.29 is 14.7 Å². The third kappa shape index (κ3) is 5.92. The van der Waals surface area contributed by atoms with Crippen LogP contribution in [-0.2, 0) is 11.2 Å². The lowest BCUT2D eigenvalue weighted by atomic mass is 10.0. The van der Waals surface area contributed by atoms with Crippen LogP contribution in [0.3, 0.4) is 0 Å². The van der Waals surface area contributed by atoms with Crippen molar-refractivity contribution in [3.63, 3.8) is 0 Å². The second kappa shape index (κ2) is 9.61. The monoisotopic (exact) mass is 354 g/mol. The van der Waals surface area contributed by atoms with Gasteiger partial charge >= 0.3 is 12.0 Å². The Labute approximate surface area is 154 Å². The number of carboxylic acid groups (broad SMARTS) is 1. The molecule has 2 unspecified atom stereocenters. The Kier molecular flexibility index (Phi) is 7.21. The number of carbonyl (C=O) groups is 2. The van der Waals surface area contributed by atoms with Crippen molar-refractivity contribution in [1.82, 2.24) is 10.2 Å². The van der Waals surface area contributed by atoms with Crippen LogP contribution in [0.5, 0.6) is 0 Å². The minimum absolute atomic E-state index is 0.0235. The molecule has 0 aromatic heterocycles. The molecule has 0 aliphatic rings. The average Bonchev–Trinajstić information content (AvgIpc) is 2.66. The van der Waals surface area contributed by atoms with Crippen LogP contribution in [0.2, 0.25) is 0 Å². The van der Waals surface area contributed by atoms with Crippen LogP contribution < -0.4 is 5.32 Å². The second-order valence-corrected chi connectivity index (χ2v) is 6.47. The van der Waals surface area contributed by atoms with Gasteiger partial charge in [-0.25, -0.2) is 4.79 Å². The van der Waals surface area contributed by atoms with Crippen molar-refractivity contribution in [2.75, 3.05) is 7.05 Å². The number of nitrogens with one attached hydrogen (secondary N) is 1. The molecule has 2 rings (SSSR count). The van der Waals surface area contributed by atoms with Gasteiger partial charge in [-0.1, -0.05) is 60.7 Å². The van der Waals surface area contributed by atoms with E-state index in [9.17, 15) is 9.59 Å². The van der Waals surface area contributed by atoms with Crippen molar-refractivity contribution >= 4 is 12.0 Å². The van der Waals surface area contributed by atoms with E-state index in [1.54, 1.807) is 11.9 Å². The van der Waals surface area contributed by atoms with Gasteiger partial charge in [0.05, 0.1) is 6.04 Å². The van der Waals surface area contributed by atoms with E-state index in [0.29, 0.717) is 12.8 Å². The summed E-state index contributed by atoms with van der Waals surface area (Å²) in [4.78, 5) is 25.3. The SMILES string of the molecule is CC(c1ccccc1)N(C)C(=O)NC(CCC(=O)O)Cc1ccccc1.